The maximum absolute atomic E-state index is 13.8. The Morgan fingerprint density at radius 3 is 2.57 bits per heavy atom. The monoisotopic (exact) mass is 504 g/mol. The van der Waals surface area contributed by atoms with Crippen molar-refractivity contribution in [1.82, 2.24) is 24.8 Å². The van der Waals surface area contributed by atoms with Crippen LogP contribution >= 0.6 is 0 Å². The number of pyridine rings is 1. The summed E-state index contributed by atoms with van der Waals surface area (Å²) in [6.45, 7) is 10.5. The fourth-order valence-corrected chi connectivity index (χ4v) is 5.17. The molecule has 2 N–H and O–H groups in total. The van der Waals surface area contributed by atoms with Crippen LogP contribution in [0.25, 0.3) is 22.2 Å². The third-order valence-electron chi connectivity index (χ3n) is 7.09. The smallest absolute Gasteiger partial charge is 0.410 e. The molecule has 2 aliphatic rings. The molecular formula is C28H36N6O3. The van der Waals surface area contributed by atoms with Gasteiger partial charge in [0, 0.05) is 42.8 Å². The van der Waals surface area contributed by atoms with Crippen molar-refractivity contribution in [2.45, 2.75) is 64.6 Å². The van der Waals surface area contributed by atoms with Gasteiger partial charge in [0.25, 0.3) is 5.56 Å². The number of anilines is 1. The summed E-state index contributed by atoms with van der Waals surface area (Å²) in [5, 5.41) is 7.66. The van der Waals surface area contributed by atoms with Gasteiger partial charge in [-0.15, -0.1) is 0 Å². The van der Waals surface area contributed by atoms with Gasteiger partial charge >= 0.3 is 6.09 Å². The van der Waals surface area contributed by atoms with E-state index in [-0.39, 0.29) is 23.7 Å². The van der Waals surface area contributed by atoms with Gasteiger partial charge in [-0.1, -0.05) is 24.3 Å². The molecule has 2 aliphatic heterocycles. The number of carbonyl (C=O) groups excluding carboxylic acids is 1. The minimum atomic E-state index is -0.505. The third-order valence-corrected chi connectivity index (χ3v) is 7.09. The molecule has 1 unspecified atom stereocenters. The van der Waals surface area contributed by atoms with Crippen LogP contribution in [0.15, 0.2) is 41.3 Å². The van der Waals surface area contributed by atoms with Crippen LogP contribution in [0.4, 0.5) is 10.7 Å². The van der Waals surface area contributed by atoms with Crippen LogP contribution in [0.2, 0.25) is 0 Å². The molecule has 0 saturated carbocycles. The Morgan fingerprint density at radius 2 is 1.89 bits per heavy atom. The number of piperidine rings is 1. The van der Waals surface area contributed by atoms with Gasteiger partial charge in [0.1, 0.15) is 11.2 Å². The summed E-state index contributed by atoms with van der Waals surface area (Å²) in [6.07, 6.45) is 3.95. The lowest BCUT2D eigenvalue weighted by molar-refractivity contribution is 0.0210. The van der Waals surface area contributed by atoms with Crippen molar-refractivity contribution in [3.63, 3.8) is 0 Å². The molecule has 0 radical (unpaired) electrons. The van der Waals surface area contributed by atoms with Crippen molar-refractivity contribution in [1.29, 1.82) is 0 Å². The number of likely N-dealkylation sites (tertiary alicyclic amines) is 1. The highest BCUT2D eigenvalue weighted by molar-refractivity contribution is 5.82. The molecule has 9 nitrogen and oxygen atoms in total. The normalized spacial score (nSPS) is 18.8. The summed E-state index contributed by atoms with van der Waals surface area (Å²) in [4.78, 5) is 37.4. The number of nitrogens with one attached hydrogen (secondary N) is 2. The van der Waals surface area contributed by atoms with Crippen LogP contribution in [-0.4, -0.2) is 63.4 Å². The van der Waals surface area contributed by atoms with Crippen LogP contribution in [0.3, 0.4) is 0 Å². The Balaban J connectivity index is 1.41. The minimum absolute atomic E-state index is 0.0224. The number of benzene rings is 1. The van der Waals surface area contributed by atoms with E-state index in [4.69, 9.17) is 9.72 Å². The summed E-state index contributed by atoms with van der Waals surface area (Å²) in [7, 11) is 0. The Bertz CT molecular complexity index is 1350. The number of rotatable bonds is 4. The zero-order chi connectivity index (χ0) is 26.2. The highest BCUT2D eigenvalue weighted by atomic mass is 16.6. The lowest BCUT2D eigenvalue weighted by Crippen LogP contribution is -2.44. The summed E-state index contributed by atoms with van der Waals surface area (Å²) < 4.78 is 7.36. The summed E-state index contributed by atoms with van der Waals surface area (Å²) >= 11 is 0. The van der Waals surface area contributed by atoms with Crippen molar-refractivity contribution < 1.29 is 9.53 Å². The number of carbonyl (C=O) groups is 1. The predicted molar refractivity (Wildman–Crippen MR) is 145 cm³/mol. The lowest BCUT2D eigenvalue weighted by atomic mass is 10.0. The topological polar surface area (TPSA) is 101 Å². The van der Waals surface area contributed by atoms with Gasteiger partial charge in [0.15, 0.2) is 0 Å². The van der Waals surface area contributed by atoms with Crippen LogP contribution < -0.4 is 16.2 Å². The molecule has 0 bridgehead atoms. The number of hydrogen-bond donors (Lipinski definition) is 2. The fourth-order valence-electron chi connectivity index (χ4n) is 5.17. The molecule has 5 rings (SSSR count). The molecule has 3 aromatic rings. The maximum atomic E-state index is 13.8. The van der Waals surface area contributed by atoms with E-state index in [1.807, 2.05) is 62.6 Å². The molecule has 1 amide bonds. The van der Waals surface area contributed by atoms with E-state index in [1.54, 1.807) is 11.1 Å². The molecular weight excluding hydrogens is 468 g/mol. The first-order valence-electron chi connectivity index (χ1n) is 13.1. The van der Waals surface area contributed by atoms with E-state index in [9.17, 15) is 9.59 Å². The minimum Gasteiger partial charge on any atom is -0.444 e. The van der Waals surface area contributed by atoms with Crippen molar-refractivity contribution in [3.05, 3.63) is 52.4 Å². The molecule has 37 heavy (non-hydrogen) atoms. The second-order valence-electron chi connectivity index (χ2n) is 11.1. The highest BCUT2D eigenvalue weighted by Gasteiger charge is 2.28. The van der Waals surface area contributed by atoms with Gasteiger partial charge < -0.3 is 20.3 Å². The molecule has 196 valence electrons. The van der Waals surface area contributed by atoms with Gasteiger partial charge in [0.2, 0.25) is 5.95 Å². The fraction of sp³-hybridized carbons (Fsp3) is 0.500. The average molecular weight is 505 g/mol. The standard InChI is InChI=1S/C28H36N6O3/c1-18-7-5-6-8-22(18)23-15-19-16-30-26(32-24(19)34(25(23)35)21-9-12-29-17-21)31-20-10-13-33(14-11-20)27(36)37-28(2,3)4/h5-8,15-16,20-21,29H,9-14,17H2,1-4H3,(H,30,31,32). The first-order valence-corrected chi connectivity index (χ1v) is 13.1. The molecule has 2 fully saturated rings. The molecule has 2 aromatic heterocycles. The van der Waals surface area contributed by atoms with Crippen molar-refractivity contribution >= 4 is 23.1 Å². The first-order chi connectivity index (χ1) is 17.7. The van der Waals surface area contributed by atoms with Gasteiger partial charge in [-0.05, 0) is 70.7 Å². The zero-order valence-electron chi connectivity index (χ0n) is 22.1. The van der Waals surface area contributed by atoms with E-state index in [0.29, 0.717) is 30.2 Å². The van der Waals surface area contributed by atoms with E-state index in [1.165, 1.54) is 0 Å². The highest BCUT2D eigenvalue weighted by Crippen LogP contribution is 2.27. The molecule has 2 saturated heterocycles. The third kappa shape index (κ3) is 5.46. The molecule has 1 atom stereocenters. The van der Waals surface area contributed by atoms with Crippen molar-refractivity contribution in [2.75, 3.05) is 31.5 Å². The zero-order valence-corrected chi connectivity index (χ0v) is 22.1. The summed E-state index contributed by atoms with van der Waals surface area (Å²) in [5.74, 6) is 0.506. The summed E-state index contributed by atoms with van der Waals surface area (Å²) in [6, 6.07) is 10.1. The number of aromatic nitrogens is 3. The Hall–Kier alpha value is -3.46. The second-order valence-corrected chi connectivity index (χ2v) is 11.1. The number of aryl methyl sites for hydroxylation is 1. The quantitative estimate of drug-likeness (QED) is 0.551. The second kappa shape index (κ2) is 10.1. The summed E-state index contributed by atoms with van der Waals surface area (Å²) in [5.41, 5.74) is 2.80. The van der Waals surface area contributed by atoms with Crippen LogP contribution in [0, 0.1) is 6.92 Å². The van der Waals surface area contributed by atoms with Gasteiger partial charge in [-0.25, -0.2) is 9.78 Å². The van der Waals surface area contributed by atoms with Gasteiger partial charge in [-0.3, -0.25) is 9.36 Å². The Kier molecular flexibility index (Phi) is 6.90. The van der Waals surface area contributed by atoms with Gasteiger partial charge in [-0.2, -0.15) is 4.98 Å². The molecule has 0 aliphatic carbocycles. The first kappa shape index (κ1) is 25.2. The SMILES string of the molecule is Cc1ccccc1-c1cc2cnc(NC3CCN(C(=O)OC(C)(C)C)CC3)nc2n(C2CCNC2)c1=O. The van der Waals surface area contributed by atoms with Crippen molar-refractivity contribution in [2.24, 2.45) is 0 Å². The average Bonchev–Trinajstić information content (AvgIpc) is 3.38. The van der Waals surface area contributed by atoms with Crippen LogP contribution in [-0.2, 0) is 4.74 Å². The number of nitrogens with zero attached hydrogens (tertiary/aromatic N) is 4. The van der Waals surface area contributed by atoms with Crippen molar-refractivity contribution in [3.8, 4) is 11.1 Å². The number of ether oxygens (including phenoxy) is 1. The molecule has 0 spiro atoms. The maximum Gasteiger partial charge on any atom is 0.410 e. The van der Waals surface area contributed by atoms with Gasteiger partial charge in [0.05, 0.1) is 6.04 Å². The lowest BCUT2D eigenvalue weighted by Gasteiger charge is -2.33. The molecule has 9 heteroatoms. The van der Waals surface area contributed by atoms with E-state index < -0.39 is 5.60 Å². The van der Waals surface area contributed by atoms with Crippen LogP contribution in [0.5, 0.6) is 0 Å². The molecule has 1 aromatic carbocycles. The van der Waals surface area contributed by atoms with E-state index in [2.05, 4.69) is 15.6 Å². The largest absolute Gasteiger partial charge is 0.444 e. The van der Waals surface area contributed by atoms with Crippen LogP contribution in [0.1, 0.15) is 51.6 Å². The molecule has 4 heterocycles. The Morgan fingerprint density at radius 1 is 1.14 bits per heavy atom. The van der Waals surface area contributed by atoms with E-state index >= 15 is 0 Å². The van der Waals surface area contributed by atoms with E-state index in [0.717, 1.165) is 48.9 Å². The number of fused-ring (bicyclic) bond motifs is 1. The number of amides is 1. The predicted octanol–water partition coefficient (Wildman–Crippen LogP) is 4.11. The Labute approximate surface area is 217 Å². The number of hydrogen-bond acceptors (Lipinski definition) is 7.